The monoisotopic (exact) mass is 240 g/mol. The summed E-state index contributed by atoms with van der Waals surface area (Å²) in [6, 6.07) is 7.64. The summed E-state index contributed by atoms with van der Waals surface area (Å²) in [4.78, 5) is 20.4. The summed E-state index contributed by atoms with van der Waals surface area (Å²) in [5, 5.41) is 0. The van der Waals surface area contributed by atoms with Crippen LogP contribution in [-0.2, 0) is 17.6 Å². The van der Waals surface area contributed by atoms with Crippen LogP contribution in [0, 0.1) is 13.8 Å². The van der Waals surface area contributed by atoms with Crippen LogP contribution < -0.4 is 0 Å². The maximum atomic E-state index is 12.0. The molecule has 0 amide bonds. The number of carbonyl (C=O) groups is 1. The van der Waals surface area contributed by atoms with Gasteiger partial charge in [-0.25, -0.2) is 0 Å². The Kier molecular flexibility index (Phi) is 3.82. The largest absolute Gasteiger partial charge is 0.299 e. The first-order valence-electron chi connectivity index (χ1n) is 5.99. The highest BCUT2D eigenvalue weighted by Crippen LogP contribution is 2.09. The van der Waals surface area contributed by atoms with Crippen LogP contribution in [0.15, 0.2) is 36.7 Å². The van der Waals surface area contributed by atoms with Crippen LogP contribution in [0.3, 0.4) is 0 Å². The van der Waals surface area contributed by atoms with Crippen molar-refractivity contribution < 1.29 is 4.79 Å². The van der Waals surface area contributed by atoms with E-state index < -0.39 is 0 Å². The summed E-state index contributed by atoms with van der Waals surface area (Å²) in [5.74, 6) is 0.196. The van der Waals surface area contributed by atoms with E-state index in [-0.39, 0.29) is 5.78 Å². The molecule has 92 valence electrons. The topological polar surface area (TPSA) is 42.9 Å². The Labute approximate surface area is 107 Å². The Bertz CT molecular complexity index is 514. The third-order valence-electron chi connectivity index (χ3n) is 3.01. The second-order valence-corrected chi connectivity index (χ2v) is 4.39. The third-order valence-corrected chi connectivity index (χ3v) is 3.01. The standard InChI is InChI=1S/C15H16N2O/c1-11-13(5-3-7-16-11)9-15(18)10-14-6-4-8-17-12(14)2/h3-8H,9-10H2,1-2H3. The first-order valence-corrected chi connectivity index (χ1v) is 5.99. The average Bonchev–Trinajstić information content (AvgIpc) is 2.35. The molecule has 0 aliphatic heterocycles. The molecule has 2 heterocycles. The van der Waals surface area contributed by atoms with E-state index in [0.717, 1.165) is 22.5 Å². The molecule has 18 heavy (non-hydrogen) atoms. The van der Waals surface area contributed by atoms with E-state index in [0.29, 0.717) is 12.8 Å². The summed E-state index contributed by atoms with van der Waals surface area (Å²) in [6.45, 7) is 3.86. The second-order valence-electron chi connectivity index (χ2n) is 4.39. The van der Waals surface area contributed by atoms with Gasteiger partial charge in [0.05, 0.1) is 0 Å². The van der Waals surface area contributed by atoms with E-state index in [1.807, 2.05) is 38.1 Å². The highest BCUT2D eigenvalue weighted by molar-refractivity contribution is 5.83. The molecule has 2 aromatic heterocycles. The molecule has 0 bridgehead atoms. The molecular weight excluding hydrogens is 224 g/mol. The first kappa shape index (κ1) is 12.4. The summed E-state index contributed by atoms with van der Waals surface area (Å²) >= 11 is 0. The summed E-state index contributed by atoms with van der Waals surface area (Å²) in [7, 11) is 0. The van der Waals surface area contributed by atoms with Crippen molar-refractivity contribution in [2.45, 2.75) is 26.7 Å². The van der Waals surface area contributed by atoms with Crippen LogP contribution in [-0.4, -0.2) is 15.8 Å². The van der Waals surface area contributed by atoms with Crippen LogP contribution >= 0.6 is 0 Å². The lowest BCUT2D eigenvalue weighted by molar-refractivity contribution is -0.117. The third kappa shape index (κ3) is 3.00. The molecule has 0 N–H and O–H groups in total. The minimum Gasteiger partial charge on any atom is -0.299 e. The summed E-state index contributed by atoms with van der Waals surface area (Å²) < 4.78 is 0. The number of carbonyl (C=O) groups excluding carboxylic acids is 1. The molecule has 0 unspecified atom stereocenters. The Hall–Kier alpha value is -2.03. The molecule has 0 saturated heterocycles. The van der Waals surface area contributed by atoms with Gasteiger partial charge in [0.25, 0.3) is 0 Å². The fraction of sp³-hybridized carbons (Fsp3) is 0.267. The SMILES string of the molecule is Cc1ncccc1CC(=O)Cc1cccnc1C. The van der Waals surface area contributed by atoms with Crippen molar-refractivity contribution in [3.63, 3.8) is 0 Å². The number of hydrogen-bond donors (Lipinski definition) is 0. The predicted octanol–water partition coefficient (Wildman–Crippen LogP) is 2.45. The van der Waals surface area contributed by atoms with Gasteiger partial charge in [-0.2, -0.15) is 0 Å². The second kappa shape index (κ2) is 5.54. The van der Waals surface area contributed by atoms with Gasteiger partial charge in [-0.05, 0) is 37.1 Å². The van der Waals surface area contributed by atoms with Gasteiger partial charge in [0.15, 0.2) is 0 Å². The Morgan fingerprint density at radius 2 is 1.39 bits per heavy atom. The molecule has 0 fully saturated rings. The fourth-order valence-electron chi connectivity index (χ4n) is 1.90. The van der Waals surface area contributed by atoms with Crippen molar-refractivity contribution in [3.8, 4) is 0 Å². The minimum atomic E-state index is 0.196. The number of nitrogens with zero attached hydrogens (tertiary/aromatic N) is 2. The molecule has 0 aliphatic rings. The van der Waals surface area contributed by atoms with Gasteiger partial charge in [-0.3, -0.25) is 14.8 Å². The highest BCUT2D eigenvalue weighted by Gasteiger charge is 2.09. The van der Waals surface area contributed by atoms with Gasteiger partial charge >= 0.3 is 0 Å². The van der Waals surface area contributed by atoms with Crippen molar-refractivity contribution in [2.24, 2.45) is 0 Å². The number of ketones is 1. The highest BCUT2D eigenvalue weighted by atomic mass is 16.1. The quantitative estimate of drug-likeness (QED) is 0.824. The molecule has 0 spiro atoms. The predicted molar refractivity (Wildman–Crippen MR) is 70.4 cm³/mol. The van der Waals surface area contributed by atoms with Crippen molar-refractivity contribution in [1.82, 2.24) is 9.97 Å². The average molecular weight is 240 g/mol. The van der Waals surface area contributed by atoms with Gasteiger partial charge in [0.1, 0.15) is 5.78 Å². The molecule has 2 rings (SSSR count). The zero-order chi connectivity index (χ0) is 13.0. The molecular formula is C15H16N2O. The van der Waals surface area contributed by atoms with Crippen molar-refractivity contribution in [2.75, 3.05) is 0 Å². The lowest BCUT2D eigenvalue weighted by atomic mass is 10.0. The molecule has 2 aromatic rings. The number of rotatable bonds is 4. The summed E-state index contributed by atoms with van der Waals surface area (Å²) in [6.07, 6.45) is 4.37. The number of aryl methyl sites for hydroxylation is 2. The smallest absolute Gasteiger partial charge is 0.141 e. The fourth-order valence-corrected chi connectivity index (χ4v) is 1.90. The molecule has 0 atom stereocenters. The van der Waals surface area contributed by atoms with E-state index in [9.17, 15) is 4.79 Å². The van der Waals surface area contributed by atoms with Crippen LogP contribution in [0.25, 0.3) is 0 Å². The van der Waals surface area contributed by atoms with Gasteiger partial charge in [-0.15, -0.1) is 0 Å². The van der Waals surface area contributed by atoms with Crippen molar-refractivity contribution in [3.05, 3.63) is 59.2 Å². The van der Waals surface area contributed by atoms with E-state index >= 15 is 0 Å². The zero-order valence-corrected chi connectivity index (χ0v) is 10.7. The molecule has 0 saturated carbocycles. The van der Waals surface area contributed by atoms with Crippen LogP contribution in [0.1, 0.15) is 22.5 Å². The normalized spacial score (nSPS) is 10.3. The number of hydrogen-bond acceptors (Lipinski definition) is 3. The zero-order valence-electron chi connectivity index (χ0n) is 10.7. The molecule has 3 heteroatoms. The number of aromatic nitrogens is 2. The maximum absolute atomic E-state index is 12.0. The minimum absolute atomic E-state index is 0.196. The van der Waals surface area contributed by atoms with E-state index in [1.165, 1.54) is 0 Å². The summed E-state index contributed by atoms with van der Waals surface area (Å²) in [5.41, 5.74) is 3.86. The molecule has 0 aliphatic carbocycles. The number of Topliss-reactive ketones (excluding diaryl/α,β-unsaturated/α-hetero) is 1. The number of pyridine rings is 2. The van der Waals surface area contributed by atoms with Crippen LogP contribution in [0.4, 0.5) is 0 Å². The van der Waals surface area contributed by atoms with E-state index in [1.54, 1.807) is 12.4 Å². The van der Waals surface area contributed by atoms with Gasteiger partial charge in [-0.1, -0.05) is 12.1 Å². The van der Waals surface area contributed by atoms with Gasteiger partial charge in [0.2, 0.25) is 0 Å². The molecule has 0 aromatic carbocycles. The van der Waals surface area contributed by atoms with Gasteiger partial charge < -0.3 is 0 Å². The Morgan fingerprint density at radius 3 is 1.78 bits per heavy atom. The van der Waals surface area contributed by atoms with Crippen molar-refractivity contribution >= 4 is 5.78 Å². The van der Waals surface area contributed by atoms with Crippen LogP contribution in [0.5, 0.6) is 0 Å². The lowest BCUT2D eigenvalue weighted by Crippen LogP contribution is -2.09. The van der Waals surface area contributed by atoms with Gasteiger partial charge in [0, 0.05) is 36.6 Å². The lowest BCUT2D eigenvalue weighted by Gasteiger charge is -2.05. The van der Waals surface area contributed by atoms with Crippen molar-refractivity contribution in [1.29, 1.82) is 0 Å². The van der Waals surface area contributed by atoms with E-state index in [2.05, 4.69) is 9.97 Å². The maximum Gasteiger partial charge on any atom is 0.141 e. The van der Waals surface area contributed by atoms with Crippen LogP contribution in [0.2, 0.25) is 0 Å². The van der Waals surface area contributed by atoms with E-state index in [4.69, 9.17) is 0 Å². The Balaban J connectivity index is 2.06. The first-order chi connectivity index (χ1) is 8.66. The Morgan fingerprint density at radius 1 is 0.944 bits per heavy atom. The molecule has 0 radical (unpaired) electrons. The molecule has 3 nitrogen and oxygen atoms in total.